The van der Waals surface area contributed by atoms with Gasteiger partial charge in [0.1, 0.15) is 11.2 Å². The number of hydrogen-bond acceptors (Lipinski definition) is 4. The van der Waals surface area contributed by atoms with Gasteiger partial charge in [0.05, 0.1) is 5.69 Å². The van der Waals surface area contributed by atoms with E-state index in [9.17, 15) is 13.2 Å². The zero-order valence-electron chi connectivity index (χ0n) is 13.4. The molecule has 1 aliphatic rings. The average Bonchev–Trinajstić information content (AvgIpc) is 2.57. The highest BCUT2D eigenvalue weighted by Crippen LogP contribution is 2.31. The standard InChI is InChI=1S/C17H16ClN3O3S/c1-2-8-21-11-19-25(23,24)16-9-12(6-7-15(16)21)17(22)20-14-5-3-4-13(18)10-14/h3-7,9-11H,2,8H2,1H3,(H,20,22). The van der Waals surface area contributed by atoms with E-state index in [0.717, 1.165) is 6.42 Å². The molecule has 2 aromatic rings. The van der Waals surface area contributed by atoms with Crippen LogP contribution in [0.1, 0.15) is 23.7 Å². The third-order valence-electron chi connectivity index (χ3n) is 3.68. The number of amides is 1. The summed E-state index contributed by atoms with van der Waals surface area (Å²) in [6, 6.07) is 11.3. The summed E-state index contributed by atoms with van der Waals surface area (Å²) >= 11 is 5.90. The molecule has 0 spiro atoms. The van der Waals surface area contributed by atoms with Crippen LogP contribution in [0.4, 0.5) is 11.4 Å². The Kier molecular flexibility index (Phi) is 4.78. The van der Waals surface area contributed by atoms with Gasteiger partial charge in [-0.25, -0.2) is 0 Å². The highest BCUT2D eigenvalue weighted by atomic mass is 35.5. The molecule has 1 N–H and O–H groups in total. The van der Waals surface area contributed by atoms with Crippen molar-refractivity contribution in [2.75, 3.05) is 16.8 Å². The highest BCUT2D eigenvalue weighted by molar-refractivity contribution is 7.90. The third kappa shape index (κ3) is 3.67. The zero-order valence-corrected chi connectivity index (χ0v) is 15.0. The van der Waals surface area contributed by atoms with Crippen molar-refractivity contribution in [3.05, 3.63) is 53.1 Å². The number of carbonyl (C=O) groups is 1. The second-order valence-corrected chi connectivity index (χ2v) is 7.57. The normalized spacial score (nSPS) is 14.9. The fourth-order valence-electron chi connectivity index (χ4n) is 2.53. The predicted molar refractivity (Wildman–Crippen MR) is 99.2 cm³/mol. The molecule has 0 aliphatic carbocycles. The van der Waals surface area contributed by atoms with E-state index in [0.29, 0.717) is 22.9 Å². The van der Waals surface area contributed by atoms with E-state index in [1.54, 1.807) is 41.3 Å². The Hall–Kier alpha value is -2.38. The summed E-state index contributed by atoms with van der Waals surface area (Å²) < 4.78 is 28.1. The van der Waals surface area contributed by atoms with Gasteiger partial charge in [-0.3, -0.25) is 4.79 Å². The number of hydrogen-bond donors (Lipinski definition) is 1. The second-order valence-electron chi connectivity index (χ2n) is 5.54. The van der Waals surface area contributed by atoms with E-state index in [2.05, 4.69) is 9.71 Å². The molecule has 2 aromatic carbocycles. The number of anilines is 2. The summed E-state index contributed by atoms with van der Waals surface area (Å²) in [4.78, 5) is 14.2. The van der Waals surface area contributed by atoms with Crippen LogP contribution in [0.2, 0.25) is 5.02 Å². The lowest BCUT2D eigenvalue weighted by atomic mass is 10.1. The highest BCUT2D eigenvalue weighted by Gasteiger charge is 2.26. The number of halogens is 1. The topological polar surface area (TPSA) is 78.8 Å². The Bertz CT molecular complexity index is 957. The minimum atomic E-state index is -3.80. The zero-order chi connectivity index (χ0) is 18.0. The summed E-state index contributed by atoms with van der Waals surface area (Å²) in [5.74, 6) is -0.420. The Morgan fingerprint density at radius 2 is 2.04 bits per heavy atom. The minimum absolute atomic E-state index is 0.0298. The quantitative estimate of drug-likeness (QED) is 0.883. The van der Waals surface area contributed by atoms with Crippen LogP contribution in [-0.2, 0) is 10.0 Å². The van der Waals surface area contributed by atoms with Crippen molar-refractivity contribution < 1.29 is 13.2 Å². The van der Waals surface area contributed by atoms with Crippen molar-refractivity contribution in [3.8, 4) is 0 Å². The molecule has 0 unspecified atom stereocenters. The SMILES string of the molecule is CCCN1C=NS(=O)(=O)c2cc(C(=O)Nc3cccc(Cl)c3)ccc21. The Balaban J connectivity index is 1.94. The van der Waals surface area contributed by atoms with E-state index in [1.165, 1.54) is 12.4 Å². The van der Waals surface area contributed by atoms with Gasteiger partial charge in [-0.15, -0.1) is 4.40 Å². The van der Waals surface area contributed by atoms with Gasteiger partial charge in [-0.2, -0.15) is 8.42 Å². The van der Waals surface area contributed by atoms with Crippen LogP contribution in [0.3, 0.4) is 0 Å². The molecule has 1 heterocycles. The summed E-state index contributed by atoms with van der Waals surface area (Å²) in [5.41, 5.74) is 1.29. The molecule has 0 saturated heterocycles. The van der Waals surface area contributed by atoms with Crippen molar-refractivity contribution in [1.82, 2.24) is 0 Å². The molecule has 8 heteroatoms. The fraction of sp³-hybridized carbons (Fsp3) is 0.176. The largest absolute Gasteiger partial charge is 0.331 e. The monoisotopic (exact) mass is 377 g/mol. The number of fused-ring (bicyclic) bond motifs is 1. The van der Waals surface area contributed by atoms with Crippen LogP contribution < -0.4 is 10.2 Å². The van der Waals surface area contributed by atoms with Gasteiger partial charge in [0.2, 0.25) is 0 Å². The van der Waals surface area contributed by atoms with Crippen LogP contribution in [0.5, 0.6) is 0 Å². The Morgan fingerprint density at radius 3 is 2.76 bits per heavy atom. The van der Waals surface area contributed by atoms with Gasteiger partial charge in [0.15, 0.2) is 0 Å². The first kappa shape index (κ1) is 17.4. The first-order valence-corrected chi connectivity index (χ1v) is 9.50. The van der Waals surface area contributed by atoms with Crippen molar-refractivity contribution in [1.29, 1.82) is 0 Å². The lowest BCUT2D eigenvalue weighted by Crippen LogP contribution is -2.28. The first-order chi connectivity index (χ1) is 11.9. The molecule has 1 aliphatic heterocycles. The maximum absolute atomic E-state index is 12.4. The molecule has 0 aromatic heterocycles. The van der Waals surface area contributed by atoms with E-state index < -0.39 is 15.9 Å². The molecule has 0 bridgehead atoms. The smallest absolute Gasteiger partial charge is 0.285 e. The third-order valence-corrected chi connectivity index (χ3v) is 5.17. The second kappa shape index (κ2) is 6.85. The Labute approximate surface area is 151 Å². The lowest BCUT2D eigenvalue weighted by Gasteiger charge is -2.25. The molecule has 0 saturated carbocycles. The lowest BCUT2D eigenvalue weighted by molar-refractivity contribution is 0.102. The number of nitrogens with zero attached hydrogens (tertiary/aromatic N) is 2. The molecular formula is C17H16ClN3O3S. The van der Waals surface area contributed by atoms with Crippen molar-refractivity contribution in [2.24, 2.45) is 4.40 Å². The molecule has 6 nitrogen and oxygen atoms in total. The summed E-state index contributed by atoms with van der Waals surface area (Å²) in [6.45, 7) is 2.63. The molecular weight excluding hydrogens is 362 g/mol. The van der Waals surface area contributed by atoms with E-state index in [-0.39, 0.29) is 10.5 Å². The van der Waals surface area contributed by atoms with Gasteiger partial charge < -0.3 is 10.2 Å². The van der Waals surface area contributed by atoms with Crippen molar-refractivity contribution >= 4 is 45.2 Å². The fourth-order valence-corrected chi connectivity index (χ4v) is 3.79. The maximum Gasteiger partial charge on any atom is 0.285 e. The average molecular weight is 378 g/mol. The maximum atomic E-state index is 12.4. The van der Waals surface area contributed by atoms with E-state index in [4.69, 9.17) is 11.6 Å². The van der Waals surface area contributed by atoms with Gasteiger partial charge >= 0.3 is 0 Å². The summed E-state index contributed by atoms with van der Waals surface area (Å²) in [5, 5.41) is 3.20. The number of carbonyl (C=O) groups excluding carboxylic acids is 1. The number of nitrogens with one attached hydrogen (secondary N) is 1. The summed E-state index contributed by atoms with van der Waals surface area (Å²) in [7, 11) is -3.80. The molecule has 1 amide bonds. The van der Waals surface area contributed by atoms with Crippen LogP contribution in [0.15, 0.2) is 51.8 Å². The summed E-state index contributed by atoms with van der Waals surface area (Å²) in [6.07, 6.45) is 2.15. The molecule has 0 radical (unpaired) electrons. The van der Waals surface area contributed by atoms with Gasteiger partial charge in [-0.05, 0) is 42.8 Å². The first-order valence-electron chi connectivity index (χ1n) is 7.69. The van der Waals surface area contributed by atoms with Gasteiger partial charge in [0.25, 0.3) is 15.9 Å². The van der Waals surface area contributed by atoms with E-state index in [1.807, 2.05) is 6.92 Å². The number of sulfonamides is 1. The molecule has 0 atom stereocenters. The van der Waals surface area contributed by atoms with Crippen molar-refractivity contribution in [3.63, 3.8) is 0 Å². The minimum Gasteiger partial charge on any atom is -0.331 e. The van der Waals surface area contributed by atoms with Crippen molar-refractivity contribution in [2.45, 2.75) is 18.2 Å². The predicted octanol–water partition coefficient (Wildman–Crippen LogP) is 3.54. The number of benzene rings is 2. The molecule has 3 rings (SSSR count). The van der Waals surface area contributed by atoms with Crippen LogP contribution in [-0.4, -0.2) is 27.2 Å². The number of rotatable bonds is 4. The van der Waals surface area contributed by atoms with Gasteiger partial charge in [0, 0.05) is 22.8 Å². The molecule has 130 valence electrons. The molecule has 0 fully saturated rings. The Morgan fingerprint density at radius 1 is 1.24 bits per heavy atom. The van der Waals surface area contributed by atoms with Crippen LogP contribution >= 0.6 is 11.6 Å². The molecule has 25 heavy (non-hydrogen) atoms. The van der Waals surface area contributed by atoms with Gasteiger partial charge in [-0.1, -0.05) is 24.6 Å². The van der Waals surface area contributed by atoms with Crippen LogP contribution in [0.25, 0.3) is 0 Å². The van der Waals surface area contributed by atoms with Crippen LogP contribution in [0, 0.1) is 0 Å². The van der Waals surface area contributed by atoms with E-state index >= 15 is 0 Å².